The molecule has 0 radical (unpaired) electrons. The lowest BCUT2D eigenvalue weighted by Crippen LogP contribution is -2.30. The first-order chi connectivity index (χ1) is 16.3. The first-order valence-corrected chi connectivity index (χ1v) is 9.14. The summed E-state index contributed by atoms with van der Waals surface area (Å²) in [6, 6.07) is 11.3. The molecule has 0 amide bonds. The summed E-state index contributed by atoms with van der Waals surface area (Å²) in [5, 5.41) is 1.58. The Kier molecular flexibility index (Phi) is 2.86. The van der Waals surface area contributed by atoms with Crippen LogP contribution in [0, 0.1) is 13.5 Å². The Labute approximate surface area is 176 Å². The van der Waals surface area contributed by atoms with Crippen molar-refractivity contribution in [3.05, 3.63) is 95.9 Å². The van der Waals surface area contributed by atoms with Crippen LogP contribution in [0.15, 0.2) is 83.3 Å². The maximum absolute atomic E-state index is 8.35. The molecule has 3 aromatic carbocycles. The van der Waals surface area contributed by atoms with E-state index in [-0.39, 0.29) is 28.9 Å². The maximum Gasteiger partial charge on any atom is 0.237 e. The molecular formula is C26H19N2O+. The summed E-state index contributed by atoms with van der Waals surface area (Å²) in [5.41, 5.74) is 4.22. The van der Waals surface area contributed by atoms with Gasteiger partial charge in [-0.25, -0.2) is 9.41 Å². The van der Waals surface area contributed by atoms with Crippen LogP contribution >= 0.6 is 0 Å². The number of hydrogen-bond acceptors (Lipinski definition) is 1. The molecule has 0 N–H and O–H groups in total. The number of aromatic nitrogens is 1. The molecule has 0 saturated carbocycles. The smallest absolute Gasteiger partial charge is 0.237 e. The van der Waals surface area contributed by atoms with Gasteiger partial charge in [0.05, 0.1) is 19.0 Å². The molecule has 2 aromatic heterocycles. The van der Waals surface area contributed by atoms with Gasteiger partial charge in [0.1, 0.15) is 18.2 Å². The Bertz CT molecular complexity index is 1670. The molecule has 138 valence electrons. The molecule has 3 nitrogen and oxygen atoms in total. The highest BCUT2D eigenvalue weighted by Gasteiger charge is 2.22. The van der Waals surface area contributed by atoms with Crippen LogP contribution in [0.5, 0.6) is 0 Å². The molecule has 2 heterocycles. The van der Waals surface area contributed by atoms with Crippen LogP contribution in [0.1, 0.15) is 12.4 Å². The van der Waals surface area contributed by atoms with E-state index < -0.39 is 18.1 Å². The van der Waals surface area contributed by atoms with Gasteiger partial charge < -0.3 is 4.42 Å². The van der Waals surface area contributed by atoms with Crippen LogP contribution < -0.4 is 4.57 Å². The monoisotopic (exact) mass is 380 g/mol. The van der Waals surface area contributed by atoms with Crippen LogP contribution in [0.3, 0.4) is 0 Å². The average molecular weight is 380 g/mol. The zero-order valence-electron chi connectivity index (χ0n) is 20.9. The van der Waals surface area contributed by atoms with Crippen molar-refractivity contribution < 1.29 is 15.8 Å². The highest BCUT2D eigenvalue weighted by molar-refractivity contribution is 6.14. The van der Waals surface area contributed by atoms with Crippen molar-refractivity contribution in [1.29, 1.82) is 0 Å². The summed E-state index contributed by atoms with van der Waals surface area (Å²) in [4.78, 5) is 3.69. The largest absolute Gasteiger partial charge is 0.466 e. The fourth-order valence-corrected chi connectivity index (χ4v) is 3.79. The number of pyridine rings is 1. The molecule has 0 unspecified atom stereocenters. The number of fused-ring (bicyclic) bond motifs is 3. The van der Waals surface area contributed by atoms with Gasteiger partial charge in [-0.2, -0.15) is 0 Å². The Morgan fingerprint density at radius 1 is 0.966 bits per heavy atom. The summed E-state index contributed by atoms with van der Waals surface area (Å²) in [6.07, 6.45) is 1.96. The van der Waals surface area contributed by atoms with Crippen LogP contribution in [0.2, 0.25) is 0 Å². The predicted molar refractivity (Wildman–Crippen MR) is 117 cm³/mol. The molecule has 0 saturated heterocycles. The van der Waals surface area contributed by atoms with Crippen molar-refractivity contribution in [2.24, 2.45) is 7.05 Å². The molecule has 0 fully saturated rings. The van der Waals surface area contributed by atoms with Crippen LogP contribution in [-0.2, 0) is 7.05 Å². The number of hydrogen-bond donors (Lipinski definition) is 0. The van der Waals surface area contributed by atoms with Crippen LogP contribution in [0.25, 0.3) is 49.2 Å². The zero-order valence-corrected chi connectivity index (χ0v) is 15.9. The Hall–Kier alpha value is -3.90. The fraction of sp³-hybridized carbons (Fsp3) is 0.0769. The van der Waals surface area contributed by atoms with Gasteiger partial charge in [0, 0.05) is 22.9 Å². The molecule has 0 bridgehead atoms. The minimum atomic E-state index is -0.469. The lowest BCUT2D eigenvalue weighted by molar-refractivity contribution is -0.660. The number of aryl methyl sites for hydroxylation is 2. The number of rotatable bonds is 2. The maximum atomic E-state index is 8.35. The summed E-state index contributed by atoms with van der Waals surface area (Å²) in [5.74, 6) is 0. The van der Waals surface area contributed by atoms with Gasteiger partial charge in [0.15, 0.2) is 6.20 Å². The second-order valence-corrected chi connectivity index (χ2v) is 6.88. The summed E-state index contributed by atoms with van der Waals surface area (Å²) < 4.78 is 48.9. The minimum absolute atomic E-state index is 0.00906. The third kappa shape index (κ3) is 2.61. The van der Waals surface area contributed by atoms with E-state index in [0.29, 0.717) is 11.2 Å². The van der Waals surface area contributed by atoms with Crippen molar-refractivity contribution >= 4 is 27.6 Å². The molecule has 5 rings (SSSR count). The summed E-state index contributed by atoms with van der Waals surface area (Å²) >= 11 is 0. The molecule has 0 aliphatic heterocycles. The van der Waals surface area contributed by atoms with Crippen molar-refractivity contribution in [3.8, 4) is 22.4 Å². The van der Waals surface area contributed by atoms with Gasteiger partial charge in [-0.3, -0.25) is 0 Å². The average Bonchev–Trinajstić information content (AvgIpc) is 3.20. The quantitative estimate of drug-likeness (QED) is 0.250. The molecule has 0 aliphatic carbocycles. The van der Waals surface area contributed by atoms with E-state index in [0.717, 1.165) is 27.6 Å². The van der Waals surface area contributed by atoms with Crippen molar-refractivity contribution in [3.63, 3.8) is 0 Å². The second kappa shape index (κ2) is 6.61. The first-order valence-electron chi connectivity index (χ1n) is 11.6. The normalized spacial score (nSPS) is 13.5. The van der Waals surface area contributed by atoms with E-state index >= 15 is 0 Å². The van der Waals surface area contributed by atoms with Crippen molar-refractivity contribution in [2.75, 3.05) is 0 Å². The van der Waals surface area contributed by atoms with E-state index in [9.17, 15) is 0 Å². The van der Waals surface area contributed by atoms with E-state index in [1.807, 2.05) is 55.1 Å². The lowest BCUT2D eigenvalue weighted by Gasteiger charge is -2.05. The zero-order chi connectivity index (χ0) is 24.3. The Morgan fingerprint density at radius 3 is 2.48 bits per heavy atom. The summed E-state index contributed by atoms with van der Waals surface area (Å²) in [7, 11) is 1.96. The SMILES string of the molecule is [2H]c1c([2H])c([2H])c(-c2ccc3c(oc4c(-c5cccc[n+]5C)c(C)ccc43)c2[N+]#[C-])c([2H])c1[2H]. The first kappa shape index (κ1) is 12.5. The van der Waals surface area contributed by atoms with Gasteiger partial charge in [0.2, 0.25) is 11.4 Å². The van der Waals surface area contributed by atoms with Gasteiger partial charge >= 0.3 is 0 Å². The number of nitrogens with zero attached hydrogens (tertiary/aromatic N) is 2. The number of furan rings is 1. The minimum Gasteiger partial charge on any atom is -0.466 e. The molecular weight excluding hydrogens is 356 g/mol. The molecule has 3 heteroatoms. The topological polar surface area (TPSA) is 21.4 Å². The molecule has 0 atom stereocenters. The highest BCUT2D eigenvalue weighted by Crippen LogP contribution is 2.44. The second-order valence-electron chi connectivity index (χ2n) is 6.88. The van der Waals surface area contributed by atoms with E-state index in [2.05, 4.69) is 4.85 Å². The lowest BCUT2D eigenvalue weighted by atomic mass is 9.98. The predicted octanol–water partition coefficient (Wildman–Crippen LogP) is 6.60. The van der Waals surface area contributed by atoms with Gasteiger partial charge in [-0.05, 0) is 29.7 Å². The van der Waals surface area contributed by atoms with Crippen molar-refractivity contribution in [1.82, 2.24) is 0 Å². The number of benzene rings is 3. The summed E-state index contributed by atoms with van der Waals surface area (Å²) in [6.45, 7) is 9.88. The van der Waals surface area contributed by atoms with E-state index in [4.69, 9.17) is 17.8 Å². The third-order valence-electron chi connectivity index (χ3n) is 5.18. The third-order valence-corrected chi connectivity index (χ3v) is 5.18. The van der Waals surface area contributed by atoms with Gasteiger partial charge in [-0.15, -0.1) is 0 Å². The molecule has 5 aromatic rings. The van der Waals surface area contributed by atoms with Gasteiger partial charge in [-0.1, -0.05) is 54.5 Å². The van der Waals surface area contributed by atoms with E-state index in [1.165, 1.54) is 0 Å². The highest BCUT2D eigenvalue weighted by atomic mass is 16.3. The van der Waals surface area contributed by atoms with E-state index in [1.54, 1.807) is 12.1 Å². The fourth-order valence-electron chi connectivity index (χ4n) is 3.79. The Balaban J connectivity index is 1.90. The molecule has 0 aliphatic rings. The van der Waals surface area contributed by atoms with Crippen LogP contribution in [0.4, 0.5) is 5.69 Å². The Morgan fingerprint density at radius 2 is 1.72 bits per heavy atom. The standard InChI is InChI=1S/C26H19N2O/c1-17-12-13-20-21-15-14-19(18-9-5-4-6-10-18)24(27-2)26(21)29-25(20)23(17)22-11-7-8-16-28(22)3/h4-16H,1,3H3/q+1/i4D,5D,6D,9D,10D. The van der Waals surface area contributed by atoms with Crippen LogP contribution in [-0.4, -0.2) is 0 Å². The molecule has 0 spiro atoms. The molecule has 29 heavy (non-hydrogen) atoms. The van der Waals surface area contributed by atoms with Crippen molar-refractivity contribution in [2.45, 2.75) is 6.92 Å². The van der Waals surface area contributed by atoms with Gasteiger partial charge in [0.25, 0.3) is 0 Å².